The summed E-state index contributed by atoms with van der Waals surface area (Å²) in [5.74, 6) is 0.332. The fourth-order valence-electron chi connectivity index (χ4n) is 1.74. The standard InChI is InChI=1S/C12H16N4O/c1-15(8-11-9-16(2)14-13-11)7-10-5-3-4-6-12(10)17/h3-6,9,17H,7-8H2,1-2H3. The van der Waals surface area contributed by atoms with Crippen molar-refractivity contribution in [3.63, 3.8) is 0 Å². The Morgan fingerprint density at radius 2 is 2.06 bits per heavy atom. The van der Waals surface area contributed by atoms with E-state index in [2.05, 4.69) is 15.2 Å². The summed E-state index contributed by atoms with van der Waals surface area (Å²) in [6, 6.07) is 7.36. The minimum Gasteiger partial charge on any atom is -0.508 e. The van der Waals surface area contributed by atoms with Crippen molar-refractivity contribution in [1.29, 1.82) is 0 Å². The van der Waals surface area contributed by atoms with Crippen molar-refractivity contribution in [2.45, 2.75) is 13.1 Å². The van der Waals surface area contributed by atoms with E-state index in [1.54, 1.807) is 10.7 Å². The molecule has 0 saturated carbocycles. The van der Waals surface area contributed by atoms with Gasteiger partial charge < -0.3 is 5.11 Å². The van der Waals surface area contributed by atoms with E-state index in [0.29, 0.717) is 18.8 Å². The van der Waals surface area contributed by atoms with Crippen molar-refractivity contribution in [3.8, 4) is 5.75 Å². The maximum Gasteiger partial charge on any atom is 0.120 e. The third-order valence-corrected chi connectivity index (χ3v) is 2.51. The van der Waals surface area contributed by atoms with Crippen LogP contribution in [0.15, 0.2) is 30.5 Å². The zero-order chi connectivity index (χ0) is 12.3. The van der Waals surface area contributed by atoms with Crippen LogP contribution in [0.25, 0.3) is 0 Å². The molecule has 0 fully saturated rings. The largest absolute Gasteiger partial charge is 0.508 e. The van der Waals surface area contributed by atoms with Gasteiger partial charge in [0.05, 0.1) is 5.69 Å². The van der Waals surface area contributed by atoms with Crippen molar-refractivity contribution in [3.05, 3.63) is 41.7 Å². The van der Waals surface area contributed by atoms with Gasteiger partial charge in [0, 0.05) is 31.9 Å². The first kappa shape index (κ1) is 11.6. The number of phenolic OH excluding ortho intramolecular Hbond substituents is 1. The zero-order valence-corrected chi connectivity index (χ0v) is 10.0. The summed E-state index contributed by atoms with van der Waals surface area (Å²) >= 11 is 0. The van der Waals surface area contributed by atoms with E-state index in [9.17, 15) is 5.11 Å². The molecule has 17 heavy (non-hydrogen) atoms. The maximum atomic E-state index is 9.67. The molecule has 0 unspecified atom stereocenters. The number of hydrogen-bond acceptors (Lipinski definition) is 4. The molecule has 1 aromatic heterocycles. The van der Waals surface area contributed by atoms with Crippen molar-refractivity contribution in [1.82, 2.24) is 19.9 Å². The summed E-state index contributed by atoms with van der Waals surface area (Å²) in [5, 5.41) is 17.6. The quantitative estimate of drug-likeness (QED) is 0.859. The smallest absolute Gasteiger partial charge is 0.120 e. The SMILES string of the molecule is CN(Cc1cn(C)nn1)Cc1ccccc1O. The van der Waals surface area contributed by atoms with Crippen molar-refractivity contribution in [2.75, 3.05) is 7.05 Å². The predicted octanol–water partition coefficient (Wildman–Crippen LogP) is 1.15. The summed E-state index contributed by atoms with van der Waals surface area (Å²) in [7, 11) is 3.83. The van der Waals surface area contributed by atoms with Crippen LogP contribution in [-0.2, 0) is 20.1 Å². The molecule has 1 aromatic carbocycles. The highest BCUT2D eigenvalue weighted by atomic mass is 16.3. The van der Waals surface area contributed by atoms with Gasteiger partial charge >= 0.3 is 0 Å². The first-order chi connectivity index (χ1) is 8.15. The minimum absolute atomic E-state index is 0.332. The van der Waals surface area contributed by atoms with Gasteiger partial charge in [-0.1, -0.05) is 23.4 Å². The monoisotopic (exact) mass is 232 g/mol. The minimum atomic E-state index is 0.332. The highest BCUT2D eigenvalue weighted by molar-refractivity contribution is 5.31. The summed E-state index contributed by atoms with van der Waals surface area (Å²) in [6.45, 7) is 1.39. The van der Waals surface area contributed by atoms with Gasteiger partial charge in [-0.3, -0.25) is 9.58 Å². The molecule has 0 aliphatic heterocycles. The number of benzene rings is 1. The van der Waals surface area contributed by atoms with E-state index in [4.69, 9.17) is 0 Å². The number of aromatic nitrogens is 3. The Bertz CT molecular complexity index is 495. The first-order valence-electron chi connectivity index (χ1n) is 5.46. The molecular formula is C12H16N4O. The molecule has 2 rings (SSSR count). The van der Waals surface area contributed by atoms with Crippen LogP contribution in [0.4, 0.5) is 0 Å². The zero-order valence-electron chi connectivity index (χ0n) is 10.0. The Kier molecular flexibility index (Phi) is 3.39. The van der Waals surface area contributed by atoms with Gasteiger partial charge in [-0.2, -0.15) is 0 Å². The molecule has 0 radical (unpaired) electrons. The molecule has 2 aromatic rings. The number of phenols is 1. The van der Waals surface area contributed by atoms with Gasteiger partial charge in [-0.25, -0.2) is 0 Å². The second-order valence-corrected chi connectivity index (χ2v) is 4.18. The van der Waals surface area contributed by atoms with Gasteiger partial charge in [-0.05, 0) is 13.1 Å². The number of aromatic hydroxyl groups is 1. The van der Waals surface area contributed by atoms with Crippen LogP contribution in [-0.4, -0.2) is 32.0 Å². The van der Waals surface area contributed by atoms with E-state index in [1.165, 1.54) is 0 Å². The molecule has 0 aliphatic rings. The maximum absolute atomic E-state index is 9.67. The second kappa shape index (κ2) is 4.97. The lowest BCUT2D eigenvalue weighted by Gasteiger charge is -2.15. The Labute approximate surface area is 100 Å². The van der Waals surface area contributed by atoms with Crippen molar-refractivity contribution >= 4 is 0 Å². The average molecular weight is 232 g/mol. The van der Waals surface area contributed by atoms with Crippen LogP contribution in [0.1, 0.15) is 11.3 Å². The molecule has 0 bridgehead atoms. The summed E-state index contributed by atoms with van der Waals surface area (Å²) in [4.78, 5) is 2.08. The number of rotatable bonds is 4. The van der Waals surface area contributed by atoms with Gasteiger partial charge in [-0.15, -0.1) is 5.10 Å². The van der Waals surface area contributed by atoms with E-state index in [-0.39, 0.29) is 0 Å². The average Bonchev–Trinajstić information content (AvgIpc) is 2.67. The molecular weight excluding hydrogens is 216 g/mol. The molecule has 5 heteroatoms. The molecule has 0 spiro atoms. The lowest BCUT2D eigenvalue weighted by atomic mass is 10.2. The molecule has 90 valence electrons. The van der Waals surface area contributed by atoms with Crippen LogP contribution in [0.3, 0.4) is 0 Å². The normalized spacial score (nSPS) is 11.0. The predicted molar refractivity (Wildman–Crippen MR) is 64.3 cm³/mol. The molecule has 0 aliphatic carbocycles. The lowest BCUT2D eigenvalue weighted by molar-refractivity contribution is 0.309. The molecule has 0 amide bonds. The topological polar surface area (TPSA) is 54.2 Å². The number of para-hydroxylation sites is 1. The number of nitrogens with zero attached hydrogens (tertiary/aromatic N) is 4. The van der Waals surface area contributed by atoms with Crippen LogP contribution in [0.5, 0.6) is 5.75 Å². The van der Waals surface area contributed by atoms with Crippen LogP contribution in [0, 0.1) is 0 Å². The first-order valence-corrected chi connectivity index (χ1v) is 5.46. The Morgan fingerprint density at radius 3 is 2.71 bits per heavy atom. The van der Waals surface area contributed by atoms with Gasteiger partial charge in [0.2, 0.25) is 0 Å². The van der Waals surface area contributed by atoms with Gasteiger partial charge in [0.25, 0.3) is 0 Å². The lowest BCUT2D eigenvalue weighted by Crippen LogP contribution is -2.17. The van der Waals surface area contributed by atoms with Crippen molar-refractivity contribution in [2.24, 2.45) is 7.05 Å². The molecule has 1 N–H and O–H groups in total. The van der Waals surface area contributed by atoms with Gasteiger partial charge in [0.1, 0.15) is 5.75 Å². The second-order valence-electron chi connectivity index (χ2n) is 4.18. The summed E-state index contributed by atoms with van der Waals surface area (Å²) in [6.07, 6.45) is 1.89. The Balaban J connectivity index is 1.98. The summed E-state index contributed by atoms with van der Waals surface area (Å²) < 4.78 is 1.68. The van der Waals surface area contributed by atoms with Gasteiger partial charge in [0.15, 0.2) is 0 Å². The third kappa shape index (κ3) is 3.04. The fourth-order valence-corrected chi connectivity index (χ4v) is 1.74. The van der Waals surface area contributed by atoms with E-state index in [1.807, 2.05) is 38.5 Å². The van der Waals surface area contributed by atoms with Crippen LogP contribution >= 0.6 is 0 Å². The molecule has 5 nitrogen and oxygen atoms in total. The van der Waals surface area contributed by atoms with E-state index >= 15 is 0 Å². The van der Waals surface area contributed by atoms with E-state index < -0.39 is 0 Å². The van der Waals surface area contributed by atoms with Crippen LogP contribution in [0.2, 0.25) is 0 Å². The fraction of sp³-hybridized carbons (Fsp3) is 0.333. The molecule has 0 saturated heterocycles. The highest BCUT2D eigenvalue weighted by Crippen LogP contribution is 2.17. The Hall–Kier alpha value is -1.88. The molecule has 0 atom stereocenters. The third-order valence-electron chi connectivity index (χ3n) is 2.51. The highest BCUT2D eigenvalue weighted by Gasteiger charge is 2.07. The van der Waals surface area contributed by atoms with Crippen molar-refractivity contribution < 1.29 is 5.11 Å². The van der Waals surface area contributed by atoms with Crippen LogP contribution < -0.4 is 0 Å². The Morgan fingerprint density at radius 1 is 1.29 bits per heavy atom. The summed E-state index contributed by atoms with van der Waals surface area (Å²) in [5.41, 5.74) is 1.84. The number of aryl methyl sites for hydroxylation is 1. The molecule has 1 heterocycles. The van der Waals surface area contributed by atoms with E-state index in [0.717, 1.165) is 11.3 Å². The number of hydrogen-bond donors (Lipinski definition) is 1.